The van der Waals surface area contributed by atoms with Crippen molar-refractivity contribution in [3.8, 4) is 0 Å². The highest BCUT2D eigenvalue weighted by Crippen LogP contribution is 2.67. The molecule has 92 valence electrons. The normalized spacial score (nSPS) is 54.6. The number of hydrogen-bond acceptors (Lipinski definition) is 2. The van der Waals surface area contributed by atoms with Gasteiger partial charge in [-0.05, 0) is 55.3 Å². The maximum absolute atomic E-state index is 6.20. The van der Waals surface area contributed by atoms with Crippen LogP contribution in [0.2, 0.25) is 0 Å². The largest absolute Gasteiger partial charge is 0.374 e. The lowest BCUT2D eigenvalue weighted by Gasteiger charge is -2.65. The second-order valence-electron chi connectivity index (χ2n) is 7.45. The summed E-state index contributed by atoms with van der Waals surface area (Å²) in [5.41, 5.74) is 6.91. The van der Waals surface area contributed by atoms with E-state index in [0.717, 1.165) is 12.5 Å². The quantitative estimate of drug-likeness (QED) is 0.798. The maximum atomic E-state index is 6.20. The Morgan fingerprint density at radius 2 is 1.69 bits per heavy atom. The highest BCUT2D eigenvalue weighted by Gasteiger charge is 2.60. The van der Waals surface area contributed by atoms with Crippen molar-refractivity contribution in [2.75, 3.05) is 13.2 Å². The SMILES string of the molecule is C[C@]12CC3CC(OCCN)(C1)C[C@@](C)(C3)C2. The topological polar surface area (TPSA) is 35.2 Å². The van der Waals surface area contributed by atoms with Crippen molar-refractivity contribution in [2.45, 2.75) is 58.0 Å². The minimum atomic E-state index is 0.197. The summed E-state index contributed by atoms with van der Waals surface area (Å²) < 4.78 is 6.20. The highest BCUT2D eigenvalue weighted by atomic mass is 16.5. The monoisotopic (exact) mass is 223 g/mol. The first kappa shape index (κ1) is 11.0. The van der Waals surface area contributed by atoms with E-state index in [9.17, 15) is 0 Å². The van der Waals surface area contributed by atoms with E-state index < -0.39 is 0 Å². The minimum Gasteiger partial charge on any atom is -0.374 e. The van der Waals surface area contributed by atoms with Crippen LogP contribution in [0.15, 0.2) is 0 Å². The van der Waals surface area contributed by atoms with Gasteiger partial charge in [0.2, 0.25) is 0 Å². The van der Waals surface area contributed by atoms with Crippen LogP contribution in [0, 0.1) is 16.7 Å². The fraction of sp³-hybridized carbons (Fsp3) is 1.00. The predicted molar refractivity (Wildman–Crippen MR) is 65.1 cm³/mol. The van der Waals surface area contributed by atoms with Gasteiger partial charge in [-0.3, -0.25) is 0 Å². The Morgan fingerprint density at radius 3 is 2.19 bits per heavy atom. The van der Waals surface area contributed by atoms with Crippen LogP contribution in [-0.4, -0.2) is 18.8 Å². The second-order valence-corrected chi connectivity index (χ2v) is 7.45. The molecule has 0 radical (unpaired) electrons. The van der Waals surface area contributed by atoms with Crippen molar-refractivity contribution in [1.29, 1.82) is 0 Å². The van der Waals surface area contributed by atoms with Gasteiger partial charge in [-0.15, -0.1) is 0 Å². The Hall–Kier alpha value is -0.0800. The zero-order valence-corrected chi connectivity index (χ0v) is 10.7. The first-order chi connectivity index (χ1) is 7.47. The molecule has 0 aromatic carbocycles. The van der Waals surface area contributed by atoms with Crippen molar-refractivity contribution >= 4 is 0 Å². The summed E-state index contributed by atoms with van der Waals surface area (Å²) in [4.78, 5) is 0. The molecule has 4 rings (SSSR count). The van der Waals surface area contributed by atoms with E-state index in [1.165, 1.54) is 38.5 Å². The van der Waals surface area contributed by atoms with Gasteiger partial charge < -0.3 is 10.5 Å². The Kier molecular flexibility index (Phi) is 2.23. The summed E-state index contributed by atoms with van der Waals surface area (Å²) in [5, 5.41) is 0. The molecule has 0 spiro atoms. The predicted octanol–water partition coefficient (Wildman–Crippen LogP) is 2.71. The number of nitrogens with two attached hydrogens (primary N) is 1. The number of ether oxygens (including phenoxy) is 1. The summed E-state index contributed by atoms with van der Waals surface area (Å²) in [6, 6.07) is 0. The Bertz CT molecular complexity index is 283. The lowest BCUT2D eigenvalue weighted by Crippen LogP contribution is -2.59. The Labute approximate surface area is 98.9 Å². The standard InChI is InChI=1S/C14H25NO/c1-12-5-11-6-13(2,8-12)10-14(7-11,9-12)16-4-3-15/h11H,3-10,15H2,1-2H3/t11?,12-,13+,14?. The van der Waals surface area contributed by atoms with Crippen LogP contribution in [0.3, 0.4) is 0 Å². The van der Waals surface area contributed by atoms with Gasteiger partial charge in [0.1, 0.15) is 0 Å². The molecule has 4 fully saturated rings. The van der Waals surface area contributed by atoms with Gasteiger partial charge in [0.05, 0.1) is 12.2 Å². The van der Waals surface area contributed by atoms with Gasteiger partial charge in [0, 0.05) is 6.54 Å². The van der Waals surface area contributed by atoms with E-state index in [1.54, 1.807) is 0 Å². The average molecular weight is 223 g/mol. The second kappa shape index (κ2) is 3.23. The van der Waals surface area contributed by atoms with Crippen LogP contribution in [0.1, 0.15) is 52.4 Å². The molecular formula is C14H25NO. The molecule has 4 atom stereocenters. The van der Waals surface area contributed by atoms with Crippen molar-refractivity contribution in [3.05, 3.63) is 0 Å². The number of rotatable bonds is 3. The molecule has 4 bridgehead atoms. The molecule has 0 aliphatic heterocycles. The molecule has 2 heteroatoms. The van der Waals surface area contributed by atoms with Gasteiger partial charge in [0.15, 0.2) is 0 Å². The summed E-state index contributed by atoms with van der Waals surface area (Å²) in [5.74, 6) is 0.920. The van der Waals surface area contributed by atoms with Crippen LogP contribution in [0.5, 0.6) is 0 Å². The van der Waals surface area contributed by atoms with Crippen LogP contribution in [-0.2, 0) is 4.74 Å². The third-order valence-corrected chi connectivity index (χ3v) is 5.10. The molecule has 2 N–H and O–H groups in total. The molecule has 0 heterocycles. The molecule has 0 amide bonds. The molecule has 2 nitrogen and oxygen atoms in total. The zero-order valence-electron chi connectivity index (χ0n) is 10.7. The zero-order chi connectivity index (χ0) is 11.4. The molecular weight excluding hydrogens is 198 g/mol. The summed E-state index contributed by atoms with van der Waals surface area (Å²) >= 11 is 0. The molecule has 2 unspecified atom stereocenters. The lowest BCUT2D eigenvalue weighted by molar-refractivity contribution is -0.213. The average Bonchev–Trinajstić information content (AvgIpc) is 2.08. The summed E-state index contributed by atoms with van der Waals surface area (Å²) in [6.45, 7) is 6.38. The van der Waals surface area contributed by atoms with Gasteiger partial charge in [-0.1, -0.05) is 13.8 Å². The van der Waals surface area contributed by atoms with E-state index in [0.29, 0.717) is 17.4 Å². The van der Waals surface area contributed by atoms with Crippen molar-refractivity contribution in [3.63, 3.8) is 0 Å². The summed E-state index contributed by atoms with van der Waals surface area (Å²) in [7, 11) is 0. The van der Waals surface area contributed by atoms with Crippen LogP contribution < -0.4 is 5.73 Å². The fourth-order valence-corrected chi connectivity index (χ4v) is 5.78. The smallest absolute Gasteiger partial charge is 0.0696 e. The van der Waals surface area contributed by atoms with Crippen molar-refractivity contribution in [1.82, 2.24) is 0 Å². The van der Waals surface area contributed by atoms with E-state index >= 15 is 0 Å². The summed E-state index contributed by atoms with van der Waals surface area (Å²) in [6.07, 6.45) is 8.17. The lowest BCUT2D eigenvalue weighted by atomic mass is 9.43. The third-order valence-electron chi connectivity index (χ3n) is 5.10. The highest BCUT2D eigenvalue weighted by molar-refractivity contribution is 5.11. The van der Waals surface area contributed by atoms with Gasteiger partial charge >= 0.3 is 0 Å². The van der Waals surface area contributed by atoms with Crippen molar-refractivity contribution < 1.29 is 4.74 Å². The molecule has 4 saturated carbocycles. The third kappa shape index (κ3) is 1.62. The Balaban J connectivity index is 1.86. The minimum absolute atomic E-state index is 0.197. The van der Waals surface area contributed by atoms with Gasteiger partial charge in [-0.25, -0.2) is 0 Å². The molecule has 0 aromatic rings. The van der Waals surface area contributed by atoms with Crippen LogP contribution in [0.25, 0.3) is 0 Å². The molecule has 4 aliphatic carbocycles. The van der Waals surface area contributed by atoms with E-state index in [4.69, 9.17) is 10.5 Å². The Morgan fingerprint density at radius 1 is 1.06 bits per heavy atom. The van der Waals surface area contributed by atoms with Gasteiger partial charge in [0.25, 0.3) is 0 Å². The van der Waals surface area contributed by atoms with Gasteiger partial charge in [-0.2, -0.15) is 0 Å². The molecule has 4 aliphatic rings. The van der Waals surface area contributed by atoms with E-state index in [-0.39, 0.29) is 5.60 Å². The van der Waals surface area contributed by atoms with E-state index in [2.05, 4.69) is 13.8 Å². The first-order valence-electron chi connectivity index (χ1n) is 6.81. The number of hydrogen-bond donors (Lipinski definition) is 1. The maximum Gasteiger partial charge on any atom is 0.0696 e. The van der Waals surface area contributed by atoms with Crippen molar-refractivity contribution in [2.24, 2.45) is 22.5 Å². The van der Waals surface area contributed by atoms with Crippen LogP contribution in [0.4, 0.5) is 0 Å². The fourth-order valence-electron chi connectivity index (χ4n) is 5.78. The molecule has 0 saturated heterocycles. The van der Waals surface area contributed by atoms with E-state index in [1.807, 2.05) is 0 Å². The molecule has 0 aromatic heterocycles. The van der Waals surface area contributed by atoms with Crippen LogP contribution >= 0.6 is 0 Å². The molecule has 16 heavy (non-hydrogen) atoms. The first-order valence-corrected chi connectivity index (χ1v) is 6.81.